The fraction of sp³-hybridized carbons (Fsp3) is 0.300. The van der Waals surface area contributed by atoms with Gasteiger partial charge in [0.05, 0.1) is 17.2 Å². The van der Waals surface area contributed by atoms with Crippen molar-refractivity contribution in [1.82, 2.24) is 0 Å². The first-order valence-corrected chi connectivity index (χ1v) is 5.07. The Bertz CT molecular complexity index is 368. The molecule has 0 aromatic heterocycles. The number of halogens is 2. The van der Waals surface area contributed by atoms with E-state index in [1.807, 2.05) is 0 Å². The highest BCUT2D eigenvalue weighted by atomic mass is 35.5. The maximum absolute atomic E-state index is 11.1. The maximum Gasteiger partial charge on any atom is 0.322 e. The van der Waals surface area contributed by atoms with Gasteiger partial charge in [0.2, 0.25) is 0 Å². The number of hydrogen-bond acceptors (Lipinski definition) is 3. The minimum atomic E-state index is -0.674. The van der Waals surface area contributed by atoms with Gasteiger partial charge in [0, 0.05) is 0 Å². The first-order valence-electron chi connectivity index (χ1n) is 4.32. The van der Waals surface area contributed by atoms with Crippen molar-refractivity contribution in [2.75, 3.05) is 7.11 Å². The summed E-state index contributed by atoms with van der Waals surface area (Å²) in [6.45, 7) is 0. The molecule has 1 atom stereocenters. The Balaban J connectivity index is 2.73. The predicted octanol–water partition coefficient (Wildman–Crippen LogP) is 2.04. The molecule has 1 aromatic rings. The monoisotopic (exact) mass is 247 g/mol. The van der Waals surface area contributed by atoms with Crippen LogP contribution in [0.2, 0.25) is 10.0 Å². The summed E-state index contributed by atoms with van der Waals surface area (Å²) in [6.07, 6.45) is 0.379. The lowest BCUT2D eigenvalue weighted by Crippen LogP contribution is -2.33. The third-order valence-electron chi connectivity index (χ3n) is 1.94. The Morgan fingerprint density at radius 3 is 2.67 bits per heavy atom. The topological polar surface area (TPSA) is 52.3 Å². The van der Waals surface area contributed by atoms with Crippen LogP contribution in [0.25, 0.3) is 0 Å². The third kappa shape index (κ3) is 3.38. The highest BCUT2D eigenvalue weighted by Gasteiger charge is 2.14. The average molecular weight is 248 g/mol. The summed E-state index contributed by atoms with van der Waals surface area (Å²) in [5, 5.41) is 0.929. The molecule has 0 unspecified atom stereocenters. The van der Waals surface area contributed by atoms with Gasteiger partial charge in [-0.3, -0.25) is 4.79 Å². The molecule has 15 heavy (non-hydrogen) atoms. The van der Waals surface area contributed by atoms with E-state index < -0.39 is 12.0 Å². The van der Waals surface area contributed by atoms with Gasteiger partial charge >= 0.3 is 5.97 Å². The van der Waals surface area contributed by atoms with E-state index in [4.69, 9.17) is 28.9 Å². The molecule has 2 N–H and O–H groups in total. The number of rotatable bonds is 3. The number of esters is 1. The second-order valence-electron chi connectivity index (χ2n) is 3.08. The van der Waals surface area contributed by atoms with E-state index in [9.17, 15) is 4.79 Å². The van der Waals surface area contributed by atoms with Crippen LogP contribution in [0, 0.1) is 0 Å². The molecule has 0 saturated carbocycles. The molecular formula is C10H11Cl2NO2. The van der Waals surface area contributed by atoms with Gasteiger partial charge in [0.1, 0.15) is 6.04 Å². The van der Waals surface area contributed by atoms with Gasteiger partial charge in [-0.05, 0) is 24.1 Å². The molecule has 0 saturated heterocycles. The zero-order valence-electron chi connectivity index (χ0n) is 8.17. The van der Waals surface area contributed by atoms with Crippen LogP contribution in [0.3, 0.4) is 0 Å². The minimum absolute atomic E-state index is 0.379. The lowest BCUT2D eigenvalue weighted by molar-refractivity contribution is -0.142. The largest absolute Gasteiger partial charge is 0.468 e. The van der Waals surface area contributed by atoms with Gasteiger partial charge in [0.25, 0.3) is 0 Å². The summed E-state index contributed by atoms with van der Waals surface area (Å²) < 4.78 is 4.52. The Kier molecular flexibility index (Phi) is 4.39. The normalized spacial score (nSPS) is 12.3. The first kappa shape index (κ1) is 12.3. The minimum Gasteiger partial charge on any atom is -0.468 e. The van der Waals surface area contributed by atoms with Gasteiger partial charge < -0.3 is 10.5 Å². The van der Waals surface area contributed by atoms with Crippen LogP contribution in [0.5, 0.6) is 0 Å². The average Bonchev–Trinajstić information content (AvgIpc) is 2.22. The summed E-state index contributed by atoms with van der Waals surface area (Å²) in [5.41, 5.74) is 6.45. The van der Waals surface area contributed by atoms with Crippen LogP contribution in [0.15, 0.2) is 18.2 Å². The number of methoxy groups -OCH3 is 1. The van der Waals surface area contributed by atoms with Crippen molar-refractivity contribution in [2.45, 2.75) is 12.5 Å². The summed E-state index contributed by atoms with van der Waals surface area (Å²) >= 11 is 11.6. The third-order valence-corrected chi connectivity index (χ3v) is 2.68. The molecule has 0 amide bonds. The van der Waals surface area contributed by atoms with Crippen LogP contribution < -0.4 is 5.73 Å². The number of carbonyl (C=O) groups is 1. The van der Waals surface area contributed by atoms with Crippen molar-refractivity contribution in [3.05, 3.63) is 33.8 Å². The molecule has 0 fully saturated rings. The smallest absolute Gasteiger partial charge is 0.322 e. The van der Waals surface area contributed by atoms with E-state index in [0.29, 0.717) is 16.5 Å². The van der Waals surface area contributed by atoms with Crippen molar-refractivity contribution < 1.29 is 9.53 Å². The van der Waals surface area contributed by atoms with Crippen LogP contribution in [0.1, 0.15) is 5.56 Å². The number of carbonyl (C=O) groups excluding carboxylic acids is 1. The van der Waals surface area contributed by atoms with Gasteiger partial charge in [0.15, 0.2) is 0 Å². The van der Waals surface area contributed by atoms with Crippen molar-refractivity contribution in [1.29, 1.82) is 0 Å². The second kappa shape index (κ2) is 5.35. The fourth-order valence-corrected chi connectivity index (χ4v) is 1.48. The molecule has 0 radical (unpaired) electrons. The van der Waals surface area contributed by atoms with Gasteiger partial charge in [-0.2, -0.15) is 0 Å². The van der Waals surface area contributed by atoms with Crippen molar-refractivity contribution >= 4 is 29.2 Å². The van der Waals surface area contributed by atoms with E-state index in [-0.39, 0.29) is 0 Å². The zero-order valence-corrected chi connectivity index (χ0v) is 9.68. The summed E-state index contributed by atoms with van der Waals surface area (Å²) in [5.74, 6) is -0.443. The molecule has 0 spiro atoms. The summed E-state index contributed by atoms with van der Waals surface area (Å²) in [6, 6.07) is 4.46. The quantitative estimate of drug-likeness (QED) is 0.832. The van der Waals surface area contributed by atoms with Crippen LogP contribution in [-0.4, -0.2) is 19.1 Å². The predicted molar refractivity (Wildman–Crippen MR) is 60.2 cm³/mol. The number of nitrogens with two attached hydrogens (primary N) is 1. The van der Waals surface area contributed by atoms with Crippen LogP contribution in [-0.2, 0) is 16.0 Å². The molecule has 0 heterocycles. The van der Waals surface area contributed by atoms with E-state index in [1.54, 1.807) is 18.2 Å². The molecule has 3 nitrogen and oxygen atoms in total. The SMILES string of the molecule is COC(=O)[C@H](N)Cc1ccc(Cl)c(Cl)c1. The lowest BCUT2D eigenvalue weighted by Gasteiger charge is -2.09. The molecule has 0 aliphatic heterocycles. The fourth-order valence-electron chi connectivity index (χ4n) is 1.16. The van der Waals surface area contributed by atoms with Crippen molar-refractivity contribution in [2.24, 2.45) is 5.73 Å². The maximum atomic E-state index is 11.1. The summed E-state index contributed by atoms with van der Waals surface area (Å²) in [7, 11) is 1.30. The molecule has 0 bridgehead atoms. The molecule has 82 valence electrons. The molecular weight excluding hydrogens is 237 g/mol. The highest BCUT2D eigenvalue weighted by molar-refractivity contribution is 6.42. The molecule has 0 aliphatic rings. The van der Waals surface area contributed by atoms with Crippen LogP contribution in [0.4, 0.5) is 0 Å². The van der Waals surface area contributed by atoms with Crippen molar-refractivity contribution in [3.8, 4) is 0 Å². The van der Waals surface area contributed by atoms with Gasteiger partial charge in [-0.25, -0.2) is 0 Å². The number of benzene rings is 1. The standard InChI is InChI=1S/C10H11Cl2NO2/c1-15-10(14)9(13)5-6-2-3-7(11)8(12)4-6/h2-4,9H,5,13H2,1H3/t9-/m1/s1. The summed E-state index contributed by atoms with van der Waals surface area (Å²) in [4.78, 5) is 11.1. The van der Waals surface area contributed by atoms with E-state index in [0.717, 1.165) is 5.56 Å². The highest BCUT2D eigenvalue weighted by Crippen LogP contribution is 2.23. The molecule has 5 heteroatoms. The van der Waals surface area contributed by atoms with Crippen LogP contribution >= 0.6 is 23.2 Å². The second-order valence-corrected chi connectivity index (χ2v) is 3.90. The van der Waals surface area contributed by atoms with E-state index in [1.165, 1.54) is 7.11 Å². The number of ether oxygens (including phenoxy) is 1. The Morgan fingerprint density at radius 2 is 2.13 bits per heavy atom. The van der Waals surface area contributed by atoms with E-state index in [2.05, 4.69) is 4.74 Å². The van der Waals surface area contributed by atoms with Gasteiger partial charge in [-0.1, -0.05) is 29.3 Å². The first-order chi connectivity index (χ1) is 7.04. The lowest BCUT2D eigenvalue weighted by atomic mass is 10.1. The van der Waals surface area contributed by atoms with Gasteiger partial charge in [-0.15, -0.1) is 0 Å². The zero-order chi connectivity index (χ0) is 11.4. The van der Waals surface area contributed by atoms with Crippen molar-refractivity contribution in [3.63, 3.8) is 0 Å². The van der Waals surface area contributed by atoms with E-state index >= 15 is 0 Å². The number of hydrogen-bond donors (Lipinski definition) is 1. The Hall–Kier alpha value is -0.770. The Labute approximate surface area is 98.1 Å². The molecule has 0 aliphatic carbocycles. The Morgan fingerprint density at radius 1 is 1.47 bits per heavy atom. The molecule has 1 aromatic carbocycles. The molecule has 1 rings (SSSR count).